The molecule has 2 aromatic rings. The third kappa shape index (κ3) is 2.06. The largest absolute Gasteiger partial charge is 0.449 e. The van der Waals surface area contributed by atoms with Crippen LogP contribution in [0.4, 0.5) is 4.79 Å². The van der Waals surface area contributed by atoms with Gasteiger partial charge in [0.15, 0.2) is 4.77 Å². The minimum absolute atomic E-state index is 0.0369. The second kappa shape index (κ2) is 4.73. The molecule has 0 atom stereocenters. The first kappa shape index (κ1) is 12.5. The summed E-state index contributed by atoms with van der Waals surface area (Å²) in [5, 5.41) is 0.414. The van der Waals surface area contributed by atoms with Gasteiger partial charge in [0.05, 0.1) is 17.5 Å². The summed E-state index contributed by atoms with van der Waals surface area (Å²) < 4.78 is 5.68. The van der Waals surface area contributed by atoms with E-state index in [1.165, 1.54) is 0 Å². The smallest absolute Gasteiger partial charge is 0.423 e. The third-order valence-electron chi connectivity index (χ3n) is 2.50. The molecule has 1 heterocycles. The number of carbonyl (C=O) groups excluding carboxylic acids is 1. The number of aryl methyl sites for hydroxylation is 1. The molecule has 0 bridgehead atoms. The Labute approximate surface area is 108 Å². The maximum atomic E-state index is 12.2. The SMILES string of the molecule is CCOC(=O)n1c(=S)[nH]c2ccc(C)cc2c1=O. The fourth-order valence-corrected chi connectivity index (χ4v) is 1.95. The molecule has 1 aromatic carbocycles. The van der Waals surface area contributed by atoms with Crippen molar-refractivity contribution in [3.05, 3.63) is 38.9 Å². The molecular formula is C12H12N2O3S. The average Bonchev–Trinajstić information content (AvgIpc) is 2.31. The average molecular weight is 264 g/mol. The van der Waals surface area contributed by atoms with E-state index < -0.39 is 11.7 Å². The van der Waals surface area contributed by atoms with Crippen LogP contribution in [0.2, 0.25) is 0 Å². The summed E-state index contributed by atoms with van der Waals surface area (Å²) in [5.74, 6) is 0. The van der Waals surface area contributed by atoms with Crippen LogP contribution in [0.1, 0.15) is 12.5 Å². The molecule has 94 valence electrons. The van der Waals surface area contributed by atoms with Crippen molar-refractivity contribution in [1.29, 1.82) is 0 Å². The Morgan fingerprint density at radius 1 is 1.50 bits per heavy atom. The van der Waals surface area contributed by atoms with Crippen molar-refractivity contribution in [2.75, 3.05) is 6.61 Å². The molecule has 0 radical (unpaired) electrons. The van der Waals surface area contributed by atoms with Crippen LogP contribution < -0.4 is 5.56 Å². The first-order chi connectivity index (χ1) is 8.54. The van der Waals surface area contributed by atoms with Crippen LogP contribution in [0.5, 0.6) is 0 Å². The molecule has 0 amide bonds. The number of hydrogen-bond donors (Lipinski definition) is 1. The zero-order chi connectivity index (χ0) is 13.3. The maximum absolute atomic E-state index is 12.2. The summed E-state index contributed by atoms with van der Waals surface area (Å²) >= 11 is 5.00. The standard InChI is InChI=1S/C12H12N2O3S/c1-3-17-12(16)14-10(15)8-6-7(2)4-5-9(8)13-11(14)18/h4-6H,3H2,1-2H3,(H,13,18). The van der Waals surface area contributed by atoms with Gasteiger partial charge in [0.1, 0.15) is 0 Å². The molecule has 1 N–H and O–H groups in total. The van der Waals surface area contributed by atoms with E-state index in [9.17, 15) is 9.59 Å². The van der Waals surface area contributed by atoms with Crippen LogP contribution in [0.3, 0.4) is 0 Å². The van der Waals surface area contributed by atoms with Crippen molar-refractivity contribution >= 4 is 29.2 Å². The number of fused-ring (bicyclic) bond motifs is 1. The monoisotopic (exact) mass is 264 g/mol. The van der Waals surface area contributed by atoms with Crippen LogP contribution >= 0.6 is 12.2 Å². The lowest BCUT2D eigenvalue weighted by Gasteiger charge is -2.06. The Kier molecular flexibility index (Phi) is 3.29. The van der Waals surface area contributed by atoms with Crippen LogP contribution in [-0.4, -0.2) is 22.3 Å². The quantitative estimate of drug-likeness (QED) is 0.803. The van der Waals surface area contributed by atoms with Crippen molar-refractivity contribution < 1.29 is 9.53 Å². The molecule has 0 saturated carbocycles. The highest BCUT2D eigenvalue weighted by atomic mass is 32.1. The van der Waals surface area contributed by atoms with E-state index in [4.69, 9.17) is 17.0 Å². The number of rotatable bonds is 1. The lowest BCUT2D eigenvalue weighted by molar-refractivity contribution is 0.152. The molecule has 0 aliphatic carbocycles. The maximum Gasteiger partial charge on any atom is 0.423 e. The fraction of sp³-hybridized carbons (Fsp3) is 0.250. The number of ether oxygens (including phenoxy) is 1. The van der Waals surface area contributed by atoms with Crippen LogP contribution in [0, 0.1) is 11.7 Å². The predicted octanol–water partition coefficient (Wildman–Crippen LogP) is 2.37. The molecule has 0 saturated heterocycles. The van der Waals surface area contributed by atoms with Crippen molar-refractivity contribution in [2.24, 2.45) is 0 Å². The molecule has 2 rings (SSSR count). The van der Waals surface area contributed by atoms with Crippen LogP contribution in [0.15, 0.2) is 23.0 Å². The van der Waals surface area contributed by atoms with Crippen molar-refractivity contribution in [2.45, 2.75) is 13.8 Å². The van der Waals surface area contributed by atoms with E-state index >= 15 is 0 Å². The molecule has 1 aromatic heterocycles. The fourth-order valence-electron chi connectivity index (χ4n) is 1.68. The number of H-pyrrole nitrogens is 1. The molecule has 0 aliphatic rings. The minimum Gasteiger partial charge on any atom is -0.449 e. The van der Waals surface area contributed by atoms with E-state index in [0.717, 1.165) is 10.1 Å². The minimum atomic E-state index is -0.757. The first-order valence-corrected chi connectivity index (χ1v) is 5.88. The van der Waals surface area contributed by atoms with Crippen LogP contribution in [0.25, 0.3) is 10.9 Å². The summed E-state index contributed by atoms with van der Waals surface area (Å²) in [5.41, 5.74) is 1.08. The second-order valence-corrected chi connectivity index (χ2v) is 4.21. The van der Waals surface area contributed by atoms with Gasteiger partial charge in [-0.15, -0.1) is 0 Å². The summed E-state index contributed by atoms with van der Waals surface area (Å²) in [6.07, 6.45) is -0.757. The summed E-state index contributed by atoms with van der Waals surface area (Å²) in [7, 11) is 0. The summed E-state index contributed by atoms with van der Waals surface area (Å²) in [4.78, 5) is 26.7. The van der Waals surface area contributed by atoms with Gasteiger partial charge in [-0.2, -0.15) is 4.57 Å². The normalized spacial score (nSPS) is 10.6. The molecule has 0 aliphatic heterocycles. The highest BCUT2D eigenvalue weighted by molar-refractivity contribution is 7.71. The van der Waals surface area contributed by atoms with Crippen molar-refractivity contribution in [3.63, 3.8) is 0 Å². The highest BCUT2D eigenvalue weighted by Gasteiger charge is 2.13. The topological polar surface area (TPSA) is 64.1 Å². The van der Waals surface area contributed by atoms with E-state index in [1.807, 2.05) is 13.0 Å². The lowest BCUT2D eigenvalue weighted by atomic mass is 10.2. The van der Waals surface area contributed by atoms with Crippen LogP contribution in [-0.2, 0) is 4.74 Å². The van der Waals surface area contributed by atoms with Crippen molar-refractivity contribution in [1.82, 2.24) is 9.55 Å². The second-order valence-electron chi connectivity index (χ2n) is 3.82. The number of nitrogens with zero attached hydrogens (tertiary/aromatic N) is 1. The summed E-state index contributed by atoms with van der Waals surface area (Å²) in [6.45, 7) is 3.72. The van der Waals surface area contributed by atoms with E-state index in [0.29, 0.717) is 10.9 Å². The Balaban J connectivity index is 2.79. The third-order valence-corrected chi connectivity index (χ3v) is 2.79. The molecular weight excluding hydrogens is 252 g/mol. The molecule has 0 spiro atoms. The van der Waals surface area contributed by atoms with E-state index in [-0.39, 0.29) is 11.4 Å². The number of aromatic amines is 1. The van der Waals surface area contributed by atoms with Gasteiger partial charge in [-0.05, 0) is 38.2 Å². The molecule has 0 unspecified atom stereocenters. The number of hydrogen-bond acceptors (Lipinski definition) is 4. The Bertz CT molecular complexity index is 730. The van der Waals surface area contributed by atoms with Gasteiger partial charge >= 0.3 is 6.09 Å². The zero-order valence-electron chi connectivity index (χ0n) is 10.0. The number of aromatic nitrogens is 2. The molecule has 6 heteroatoms. The number of carbonyl (C=O) groups is 1. The Morgan fingerprint density at radius 2 is 2.22 bits per heavy atom. The molecule has 5 nitrogen and oxygen atoms in total. The first-order valence-electron chi connectivity index (χ1n) is 5.47. The van der Waals surface area contributed by atoms with Gasteiger partial charge in [0.2, 0.25) is 0 Å². The van der Waals surface area contributed by atoms with Gasteiger partial charge in [-0.3, -0.25) is 4.79 Å². The van der Waals surface area contributed by atoms with Gasteiger partial charge in [0, 0.05) is 0 Å². The zero-order valence-corrected chi connectivity index (χ0v) is 10.8. The van der Waals surface area contributed by atoms with E-state index in [1.54, 1.807) is 19.1 Å². The Morgan fingerprint density at radius 3 is 2.89 bits per heavy atom. The molecule has 0 fully saturated rings. The van der Waals surface area contributed by atoms with Gasteiger partial charge < -0.3 is 9.72 Å². The van der Waals surface area contributed by atoms with Gasteiger partial charge in [-0.1, -0.05) is 11.6 Å². The Hall–Kier alpha value is -1.95. The summed E-state index contributed by atoms with van der Waals surface area (Å²) in [6, 6.07) is 5.33. The number of benzene rings is 1. The lowest BCUT2D eigenvalue weighted by Crippen LogP contribution is -2.29. The van der Waals surface area contributed by atoms with Gasteiger partial charge in [0.25, 0.3) is 5.56 Å². The van der Waals surface area contributed by atoms with E-state index in [2.05, 4.69) is 4.98 Å². The predicted molar refractivity (Wildman–Crippen MR) is 70.5 cm³/mol. The van der Waals surface area contributed by atoms with Crippen molar-refractivity contribution in [3.8, 4) is 0 Å². The van der Waals surface area contributed by atoms with Gasteiger partial charge in [-0.25, -0.2) is 4.79 Å². The number of nitrogens with one attached hydrogen (secondary N) is 1. The highest BCUT2D eigenvalue weighted by Crippen LogP contribution is 2.09. The molecule has 18 heavy (non-hydrogen) atoms.